The Balaban J connectivity index is 1.92. The number of ether oxygens (including phenoxy) is 1. The molecule has 1 aromatic carbocycles. The number of hydrogen-bond donors (Lipinski definition) is 2. The van der Waals surface area contributed by atoms with Gasteiger partial charge < -0.3 is 15.2 Å². The SMILES string of the molecule is Cc1ccccc1OCC(C)(CO)NC1CC1. The minimum absolute atomic E-state index is 0.0926. The molecule has 3 heteroatoms. The highest BCUT2D eigenvalue weighted by molar-refractivity contribution is 5.31. The van der Waals surface area contributed by atoms with Gasteiger partial charge in [-0.1, -0.05) is 18.2 Å². The summed E-state index contributed by atoms with van der Waals surface area (Å²) in [6, 6.07) is 8.51. The number of rotatable bonds is 6. The van der Waals surface area contributed by atoms with E-state index in [0.717, 1.165) is 11.3 Å². The number of aliphatic hydroxyl groups is 1. The summed E-state index contributed by atoms with van der Waals surface area (Å²) < 4.78 is 5.80. The number of benzene rings is 1. The summed E-state index contributed by atoms with van der Waals surface area (Å²) >= 11 is 0. The Morgan fingerprint density at radius 3 is 2.71 bits per heavy atom. The number of nitrogens with one attached hydrogen (secondary N) is 1. The second-order valence-corrected chi connectivity index (χ2v) is 5.19. The third kappa shape index (κ3) is 3.45. The highest BCUT2D eigenvalue weighted by Crippen LogP contribution is 2.23. The molecule has 0 radical (unpaired) electrons. The van der Waals surface area contributed by atoms with Gasteiger partial charge in [-0.3, -0.25) is 0 Å². The van der Waals surface area contributed by atoms with Gasteiger partial charge in [0.05, 0.1) is 12.1 Å². The molecule has 17 heavy (non-hydrogen) atoms. The summed E-state index contributed by atoms with van der Waals surface area (Å²) in [4.78, 5) is 0. The molecular weight excluding hydrogens is 214 g/mol. The number of aliphatic hydroxyl groups excluding tert-OH is 1. The van der Waals surface area contributed by atoms with Crippen LogP contribution in [0.5, 0.6) is 5.75 Å². The molecule has 0 amide bonds. The molecule has 2 N–H and O–H groups in total. The predicted molar refractivity (Wildman–Crippen MR) is 68.3 cm³/mol. The Labute approximate surface area is 103 Å². The van der Waals surface area contributed by atoms with E-state index in [9.17, 15) is 5.11 Å². The molecule has 0 aromatic heterocycles. The van der Waals surface area contributed by atoms with Gasteiger partial charge in [-0.15, -0.1) is 0 Å². The molecule has 0 spiro atoms. The molecule has 1 fully saturated rings. The van der Waals surface area contributed by atoms with Gasteiger partial charge in [0.15, 0.2) is 0 Å². The lowest BCUT2D eigenvalue weighted by molar-refractivity contribution is 0.114. The van der Waals surface area contributed by atoms with E-state index in [-0.39, 0.29) is 12.1 Å². The van der Waals surface area contributed by atoms with Crippen molar-refractivity contribution in [3.8, 4) is 5.75 Å². The lowest BCUT2D eigenvalue weighted by Gasteiger charge is -2.29. The predicted octanol–water partition coefficient (Wildman–Crippen LogP) is 1.88. The maximum Gasteiger partial charge on any atom is 0.122 e. The average molecular weight is 235 g/mol. The van der Waals surface area contributed by atoms with Gasteiger partial charge >= 0.3 is 0 Å². The van der Waals surface area contributed by atoms with Crippen molar-refractivity contribution in [3.05, 3.63) is 29.8 Å². The van der Waals surface area contributed by atoms with Crippen LogP contribution in [0.1, 0.15) is 25.3 Å². The van der Waals surface area contributed by atoms with Gasteiger partial charge in [0.25, 0.3) is 0 Å². The zero-order valence-corrected chi connectivity index (χ0v) is 10.6. The third-order valence-electron chi connectivity index (χ3n) is 3.12. The van der Waals surface area contributed by atoms with Crippen molar-refractivity contribution in [3.63, 3.8) is 0 Å². The Bertz CT molecular complexity index is 376. The first kappa shape index (κ1) is 12.4. The van der Waals surface area contributed by atoms with Crippen molar-refractivity contribution in [2.45, 2.75) is 38.3 Å². The molecule has 1 aliphatic rings. The molecule has 2 rings (SSSR count). The molecule has 0 aliphatic heterocycles. The van der Waals surface area contributed by atoms with Crippen LogP contribution in [0.15, 0.2) is 24.3 Å². The molecule has 1 aromatic rings. The van der Waals surface area contributed by atoms with E-state index in [1.165, 1.54) is 12.8 Å². The summed E-state index contributed by atoms with van der Waals surface area (Å²) in [5.74, 6) is 0.893. The van der Waals surface area contributed by atoms with Gasteiger partial charge in [0, 0.05) is 6.04 Å². The first-order valence-corrected chi connectivity index (χ1v) is 6.20. The smallest absolute Gasteiger partial charge is 0.122 e. The summed E-state index contributed by atoms with van der Waals surface area (Å²) in [5, 5.41) is 12.9. The largest absolute Gasteiger partial charge is 0.491 e. The van der Waals surface area contributed by atoms with Crippen LogP contribution in [0.4, 0.5) is 0 Å². The molecule has 94 valence electrons. The molecule has 3 nitrogen and oxygen atoms in total. The van der Waals surface area contributed by atoms with E-state index < -0.39 is 0 Å². The van der Waals surface area contributed by atoms with Gasteiger partial charge in [-0.2, -0.15) is 0 Å². The molecule has 1 atom stereocenters. The highest BCUT2D eigenvalue weighted by Gasteiger charge is 2.32. The van der Waals surface area contributed by atoms with Crippen LogP contribution in [0.25, 0.3) is 0 Å². The molecular formula is C14H21NO2. The molecule has 0 saturated heterocycles. The zero-order valence-electron chi connectivity index (χ0n) is 10.6. The van der Waals surface area contributed by atoms with Crippen molar-refractivity contribution in [2.24, 2.45) is 0 Å². The van der Waals surface area contributed by atoms with Crippen molar-refractivity contribution in [1.29, 1.82) is 0 Å². The van der Waals surface area contributed by atoms with Crippen molar-refractivity contribution >= 4 is 0 Å². The lowest BCUT2D eigenvalue weighted by Crippen LogP contribution is -2.51. The van der Waals surface area contributed by atoms with Crippen LogP contribution in [0, 0.1) is 6.92 Å². The standard InChI is InChI=1S/C14H21NO2/c1-11-5-3-4-6-13(11)17-10-14(2,9-16)15-12-7-8-12/h3-6,12,15-16H,7-10H2,1-2H3. The van der Waals surface area contributed by atoms with Crippen molar-refractivity contribution in [1.82, 2.24) is 5.32 Å². The highest BCUT2D eigenvalue weighted by atomic mass is 16.5. The Kier molecular flexibility index (Phi) is 3.69. The number of aryl methyl sites for hydroxylation is 1. The minimum atomic E-state index is -0.344. The summed E-state index contributed by atoms with van der Waals surface area (Å²) in [7, 11) is 0. The Morgan fingerprint density at radius 1 is 1.41 bits per heavy atom. The van der Waals surface area contributed by atoms with Crippen LogP contribution in [0.2, 0.25) is 0 Å². The maximum atomic E-state index is 9.47. The quantitative estimate of drug-likeness (QED) is 0.791. The normalized spacial score (nSPS) is 18.8. The summed E-state index contributed by atoms with van der Waals surface area (Å²) in [6.45, 7) is 4.61. The molecule has 0 bridgehead atoms. The van der Waals surface area contributed by atoms with Crippen LogP contribution in [-0.2, 0) is 0 Å². The van der Waals surface area contributed by atoms with Crippen LogP contribution < -0.4 is 10.1 Å². The fraction of sp³-hybridized carbons (Fsp3) is 0.571. The Morgan fingerprint density at radius 2 is 2.12 bits per heavy atom. The number of hydrogen-bond acceptors (Lipinski definition) is 3. The van der Waals surface area contributed by atoms with Gasteiger partial charge in [-0.25, -0.2) is 0 Å². The van der Waals surface area contributed by atoms with Gasteiger partial charge in [0.2, 0.25) is 0 Å². The lowest BCUT2D eigenvalue weighted by atomic mass is 10.1. The van der Waals surface area contributed by atoms with E-state index in [1.807, 2.05) is 38.1 Å². The summed E-state index contributed by atoms with van der Waals surface area (Å²) in [6.07, 6.45) is 2.42. The molecule has 1 aliphatic carbocycles. The third-order valence-corrected chi connectivity index (χ3v) is 3.12. The molecule has 1 saturated carbocycles. The fourth-order valence-electron chi connectivity index (χ4n) is 1.81. The monoisotopic (exact) mass is 235 g/mol. The van der Waals surface area contributed by atoms with Crippen LogP contribution in [0.3, 0.4) is 0 Å². The van der Waals surface area contributed by atoms with Crippen LogP contribution in [-0.4, -0.2) is 29.9 Å². The van der Waals surface area contributed by atoms with Crippen molar-refractivity contribution in [2.75, 3.05) is 13.2 Å². The van der Waals surface area contributed by atoms with E-state index in [1.54, 1.807) is 0 Å². The molecule has 0 heterocycles. The summed E-state index contributed by atoms with van der Waals surface area (Å²) in [5.41, 5.74) is 0.780. The number of para-hydroxylation sites is 1. The average Bonchev–Trinajstić information content (AvgIpc) is 3.12. The minimum Gasteiger partial charge on any atom is -0.491 e. The van der Waals surface area contributed by atoms with Gasteiger partial charge in [0.1, 0.15) is 12.4 Å². The van der Waals surface area contributed by atoms with Crippen LogP contribution >= 0.6 is 0 Å². The van der Waals surface area contributed by atoms with Crippen molar-refractivity contribution < 1.29 is 9.84 Å². The second-order valence-electron chi connectivity index (χ2n) is 5.19. The fourth-order valence-corrected chi connectivity index (χ4v) is 1.81. The van der Waals surface area contributed by atoms with E-state index in [0.29, 0.717) is 12.6 Å². The molecule has 1 unspecified atom stereocenters. The first-order valence-electron chi connectivity index (χ1n) is 6.20. The van der Waals surface area contributed by atoms with Gasteiger partial charge in [-0.05, 0) is 38.3 Å². The topological polar surface area (TPSA) is 41.5 Å². The first-order chi connectivity index (χ1) is 8.13. The van der Waals surface area contributed by atoms with E-state index >= 15 is 0 Å². The van der Waals surface area contributed by atoms with E-state index in [4.69, 9.17) is 4.74 Å². The Hall–Kier alpha value is -1.06. The zero-order chi connectivity index (χ0) is 12.3. The maximum absolute atomic E-state index is 9.47. The second kappa shape index (κ2) is 5.07. The van der Waals surface area contributed by atoms with E-state index in [2.05, 4.69) is 5.32 Å².